The van der Waals surface area contributed by atoms with E-state index in [0.29, 0.717) is 45.9 Å². The molecule has 4 aliphatic carbocycles. The van der Waals surface area contributed by atoms with Crippen molar-refractivity contribution in [2.45, 2.75) is 87.5 Å². The molecule has 0 heterocycles. The summed E-state index contributed by atoms with van der Waals surface area (Å²) in [4.78, 5) is 56.1. The van der Waals surface area contributed by atoms with Crippen LogP contribution in [0.1, 0.15) is 150 Å². The maximum atomic E-state index is 13.4. The molecule has 2 N–H and O–H groups in total. The molecule has 0 spiro atoms. The van der Waals surface area contributed by atoms with Gasteiger partial charge in [0.15, 0.2) is 11.6 Å². The molecule has 4 bridgehead atoms. The van der Waals surface area contributed by atoms with E-state index in [1.165, 1.54) is 22.3 Å². The lowest BCUT2D eigenvalue weighted by Crippen LogP contribution is -2.39. The Kier molecular flexibility index (Phi) is 12.7. The van der Waals surface area contributed by atoms with Gasteiger partial charge in [-0.05, 0) is 121 Å². The van der Waals surface area contributed by atoms with Crippen molar-refractivity contribution in [1.82, 2.24) is 9.80 Å². The van der Waals surface area contributed by atoms with E-state index in [0.717, 1.165) is 36.8 Å². The monoisotopic (exact) mass is 878 g/mol. The number of amides is 2. The topological polar surface area (TPSA) is 115 Å². The van der Waals surface area contributed by atoms with Gasteiger partial charge in [-0.15, -0.1) is 0 Å². The number of Topliss-reactive ketones (excluding diaryl/α,β-unsaturated/α-hetero) is 2. The van der Waals surface area contributed by atoms with Gasteiger partial charge in [-0.25, -0.2) is 0 Å². The number of nitrogens with zero attached hydrogens (tertiary/aromatic N) is 2. The summed E-state index contributed by atoms with van der Waals surface area (Å²) in [5, 5.41) is 21.4. The van der Waals surface area contributed by atoms with Crippen LogP contribution in [0.5, 0.6) is 0 Å². The number of hydrogen-bond donors (Lipinski definition) is 2. The molecule has 6 aromatic rings. The fourth-order valence-electron chi connectivity index (χ4n) is 11.5. The molecular weight excluding hydrogens is 821 g/mol. The molecular formula is C58H58N2O6. The third-order valence-electron chi connectivity index (χ3n) is 15.4. The summed E-state index contributed by atoms with van der Waals surface area (Å²) in [6, 6.07) is 48.9. The van der Waals surface area contributed by atoms with Gasteiger partial charge in [-0.3, -0.25) is 19.2 Å². The van der Waals surface area contributed by atoms with Gasteiger partial charge in [0.2, 0.25) is 0 Å². The molecule has 336 valence electrons. The van der Waals surface area contributed by atoms with Crippen LogP contribution in [-0.2, 0) is 0 Å². The Bertz CT molecular complexity index is 2470. The molecule has 2 saturated carbocycles. The molecule has 0 radical (unpaired) electrons. The molecule has 6 aromatic carbocycles. The largest absolute Gasteiger partial charge is 0.386 e. The van der Waals surface area contributed by atoms with Gasteiger partial charge in [0, 0.05) is 48.2 Å². The van der Waals surface area contributed by atoms with Gasteiger partial charge in [-0.1, -0.05) is 133 Å². The number of likely N-dealkylation sites (N-methyl/N-ethyl adjacent to an activating group) is 2. The van der Waals surface area contributed by atoms with Gasteiger partial charge in [0.1, 0.15) is 0 Å². The Morgan fingerprint density at radius 1 is 0.409 bits per heavy atom. The quantitative estimate of drug-likeness (QED) is 0.118. The maximum absolute atomic E-state index is 13.4. The standard InChI is InChI=1S/2C29H29NO3/c2*1-18(27(31)19-8-4-3-5-9-19)30(2)29(33)21-14-12-20(13-15-21)28(32)26-24-16-17-25(26)23-11-7-6-10-22(23)24/h2*3-15,18,24-27,31H,16-17H2,1-2H3/t2*18-,24-,25+,26?,27+/m11/s1. The highest BCUT2D eigenvalue weighted by Crippen LogP contribution is 2.59. The number of benzene rings is 6. The highest BCUT2D eigenvalue weighted by Gasteiger charge is 2.50. The molecule has 0 saturated heterocycles. The van der Waals surface area contributed by atoms with Crippen LogP contribution in [-0.4, -0.2) is 69.6 Å². The second-order valence-electron chi connectivity index (χ2n) is 18.8. The smallest absolute Gasteiger partial charge is 0.253 e. The predicted molar refractivity (Wildman–Crippen MR) is 257 cm³/mol. The average molecular weight is 879 g/mol. The Morgan fingerprint density at radius 2 is 0.667 bits per heavy atom. The van der Waals surface area contributed by atoms with Crippen molar-refractivity contribution in [2.75, 3.05) is 14.1 Å². The molecule has 66 heavy (non-hydrogen) atoms. The summed E-state index contributed by atoms with van der Waals surface area (Å²) in [6.45, 7) is 3.67. The van der Waals surface area contributed by atoms with Crippen LogP contribution < -0.4 is 0 Å². The SMILES string of the molecule is C[C@H]([C@H](O)c1ccccc1)N(C)C(=O)c1ccc(C(=O)C2[C@@H]3CC[C@H]2c2ccccc23)cc1.C[C@H]([C@H](O)c1ccccc1)N(C)C(=O)c1ccc(C(=O)C2[C@@H]3CC[C@H]2c2ccccc23)cc1. The molecule has 10 rings (SSSR count). The maximum Gasteiger partial charge on any atom is 0.253 e. The molecule has 0 aliphatic heterocycles. The van der Waals surface area contributed by atoms with E-state index in [4.69, 9.17) is 0 Å². The molecule has 10 atom stereocenters. The second-order valence-corrected chi connectivity index (χ2v) is 18.8. The lowest BCUT2D eigenvalue weighted by atomic mass is 9.87. The van der Waals surface area contributed by atoms with Crippen molar-refractivity contribution >= 4 is 23.4 Å². The zero-order valence-corrected chi connectivity index (χ0v) is 38.0. The molecule has 2 fully saturated rings. The van der Waals surface area contributed by atoms with Crippen molar-refractivity contribution < 1.29 is 29.4 Å². The Morgan fingerprint density at radius 3 is 0.955 bits per heavy atom. The highest BCUT2D eigenvalue weighted by atomic mass is 16.3. The first-order valence-electron chi connectivity index (χ1n) is 23.4. The van der Waals surface area contributed by atoms with E-state index in [1.807, 2.05) is 74.5 Å². The van der Waals surface area contributed by atoms with E-state index < -0.39 is 24.3 Å². The van der Waals surface area contributed by atoms with E-state index >= 15 is 0 Å². The van der Waals surface area contributed by atoms with Gasteiger partial charge in [0.25, 0.3) is 11.8 Å². The van der Waals surface area contributed by atoms with Gasteiger partial charge < -0.3 is 20.0 Å². The van der Waals surface area contributed by atoms with Crippen LogP contribution in [0.25, 0.3) is 0 Å². The lowest BCUT2D eigenvalue weighted by Gasteiger charge is -2.29. The Balaban J connectivity index is 0.000000166. The zero-order chi connectivity index (χ0) is 46.2. The van der Waals surface area contributed by atoms with E-state index in [1.54, 1.807) is 72.4 Å². The summed E-state index contributed by atoms with van der Waals surface area (Å²) in [7, 11) is 3.40. The number of hydrogen-bond acceptors (Lipinski definition) is 6. The van der Waals surface area contributed by atoms with Crippen LogP contribution in [0.15, 0.2) is 158 Å². The molecule has 2 unspecified atom stereocenters. The predicted octanol–water partition coefficient (Wildman–Crippen LogP) is 10.7. The Labute approximate surface area is 387 Å². The molecule has 2 amide bonds. The van der Waals surface area contributed by atoms with Crippen LogP contribution in [0.4, 0.5) is 0 Å². The van der Waals surface area contributed by atoms with Crippen molar-refractivity contribution in [3.63, 3.8) is 0 Å². The number of rotatable bonds is 12. The van der Waals surface area contributed by atoms with Crippen molar-refractivity contribution in [2.24, 2.45) is 11.8 Å². The number of aliphatic hydroxyl groups is 2. The minimum absolute atomic E-state index is 0.00710. The average Bonchev–Trinajstić information content (AvgIpc) is 4.17. The van der Waals surface area contributed by atoms with Crippen LogP contribution >= 0.6 is 0 Å². The zero-order valence-electron chi connectivity index (χ0n) is 38.0. The van der Waals surface area contributed by atoms with Crippen LogP contribution in [0, 0.1) is 11.8 Å². The highest BCUT2D eigenvalue weighted by molar-refractivity contribution is 6.02. The van der Waals surface area contributed by atoms with Gasteiger partial charge in [0.05, 0.1) is 24.3 Å². The number of carbonyl (C=O) groups excluding carboxylic acids is 4. The third kappa shape index (κ3) is 8.22. The fourth-order valence-corrected chi connectivity index (χ4v) is 11.5. The van der Waals surface area contributed by atoms with Crippen LogP contribution in [0.2, 0.25) is 0 Å². The van der Waals surface area contributed by atoms with E-state index in [9.17, 15) is 29.4 Å². The molecule has 4 aliphatic rings. The molecule has 8 nitrogen and oxygen atoms in total. The van der Waals surface area contributed by atoms with Gasteiger partial charge >= 0.3 is 0 Å². The lowest BCUT2D eigenvalue weighted by molar-refractivity contribution is 0.0484. The second kappa shape index (κ2) is 18.8. The summed E-state index contributed by atoms with van der Waals surface area (Å²) in [5.41, 5.74) is 9.27. The number of aliphatic hydroxyl groups excluding tert-OH is 2. The number of fused-ring (bicyclic) bond motifs is 10. The van der Waals surface area contributed by atoms with Gasteiger partial charge in [-0.2, -0.15) is 0 Å². The third-order valence-corrected chi connectivity index (χ3v) is 15.4. The van der Waals surface area contributed by atoms with E-state index in [2.05, 4.69) is 48.5 Å². The minimum atomic E-state index is -0.777. The number of ketones is 2. The summed E-state index contributed by atoms with van der Waals surface area (Å²) >= 11 is 0. The summed E-state index contributed by atoms with van der Waals surface area (Å²) < 4.78 is 0. The summed E-state index contributed by atoms with van der Waals surface area (Å²) in [6.07, 6.45) is 2.73. The molecule has 0 aromatic heterocycles. The van der Waals surface area contributed by atoms with Crippen molar-refractivity contribution in [1.29, 1.82) is 0 Å². The first-order chi connectivity index (χ1) is 31.9. The summed E-state index contributed by atoms with van der Waals surface area (Å²) in [5.74, 6) is 1.27. The Hall–Kier alpha value is -6.48. The normalized spacial score (nSPS) is 22.5. The van der Waals surface area contributed by atoms with Crippen LogP contribution in [0.3, 0.4) is 0 Å². The van der Waals surface area contributed by atoms with Crippen molar-refractivity contribution in [3.05, 3.63) is 213 Å². The molecule has 8 heteroatoms. The fraction of sp³-hybridized carbons (Fsp3) is 0.310. The number of carbonyl (C=O) groups is 4. The minimum Gasteiger partial charge on any atom is -0.386 e. The van der Waals surface area contributed by atoms with Crippen molar-refractivity contribution in [3.8, 4) is 0 Å². The van der Waals surface area contributed by atoms with E-state index in [-0.39, 0.29) is 35.2 Å². The first kappa shape index (κ1) is 44.7. The first-order valence-corrected chi connectivity index (χ1v) is 23.4.